The van der Waals surface area contributed by atoms with Gasteiger partial charge in [-0.2, -0.15) is 0 Å². The highest BCUT2D eigenvalue weighted by molar-refractivity contribution is 7.80. The molecule has 0 saturated carbocycles. The lowest BCUT2D eigenvalue weighted by molar-refractivity contribution is 0.249. The first-order chi connectivity index (χ1) is 8.27. The Hall–Kier alpha value is 0.310. The minimum absolute atomic E-state index is 0.405. The SMILES string of the molecule is CCCCCCCCCCCCCCC(O)S. The van der Waals surface area contributed by atoms with Crippen molar-refractivity contribution < 1.29 is 5.11 Å². The fourth-order valence-electron chi connectivity index (χ4n) is 2.17. The van der Waals surface area contributed by atoms with E-state index in [4.69, 9.17) is 5.11 Å². The van der Waals surface area contributed by atoms with E-state index in [9.17, 15) is 0 Å². The molecule has 1 unspecified atom stereocenters. The van der Waals surface area contributed by atoms with Crippen LogP contribution in [0.5, 0.6) is 0 Å². The maximum Gasteiger partial charge on any atom is 0.0964 e. The zero-order valence-corrected chi connectivity index (χ0v) is 12.6. The van der Waals surface area contributed by atoms with Gasteiger partial charge in [-0.3, -0.25) is 0 Å². The minimum atomic E-state index is -0.405. The van der Waals surface area contributed by atoms with Crippen LogP contribution >= 0.6 is 12.6 Å². The zero-order valence-electron chi connectivity index (χ0n) is 11.7. The summed E-state index contributed by atoms with van der Waals surface area (Å²) in [5, 5.41) is 8.98. The van der Waals surface area contributed by atoms with Crippen LogP contribution in [-0.4, -0.2) is 10.5 Å². The predicted molar refractivity (Wildman–Crippen MR) is 80.7 cm³/mol. The Balaban J connectivity index is 2.89. The van der Waals surface area contributed by atoms with E-state index in [0.29, 0.717) is 0 Å². The van der Waals surface area contributed by atoms with Crippen LogP contribution in [0.1, 0.15) is 90.4 Å². The number of unbranched alkanes of at least 4 members (excludes halogenated alkanes) is 11. The first-order valence-corrected chi connectivity index (χ1v) is 8.15. The summed E-state index contributed by atoms with van der Waals surface area (Å²) < 4.78 is 0. The Bertz CT molecular complexity index is 137. The number of aliphatic hydroxyl groups excluding tert-OH is 1. The predicted octanol–water partition coefficient (Wildman–Crippen LogP) is 5.33. The summed E-state index contributed by atoms with van der Waals surface area (Å²) in [4.78, 5) is 0. The van der Waals surface area contributed by atoms with E-state index in [-0.39, 0.29) is 0 Å². The lowest BCUT2D eigenvalue weighted by Crippen LogP contribution is -1.94. The van der Waals surface area contributed by atoms with Crippen molar-refractivity contribution in [2.75, 3.05) is 0 Å². The van der Waals surface area contributed by atoms with Crippen LogP contribution in [-0.2, 0) is 0 Å². The van der Waals surface area contributed by atoms with Crippen molar-refractivity contribution in [1.29, 1.82) is 0 Å². The highest BCUT2D eigenvalue weighted by Gasteiger charge is 1.96. The number of thiol groups is 1. The van der Waals surface area contributed by atoms with Crippen molar-refractivity contribution in [2.24, 2.45) is 0 Å². The largest absolute Gasteiger partial charge is 0.383 e. The van der Waals surface area contributed by atoms with Crippen LogP contribution in [0.4, 0.5) is 0 Å². The molecule has 0 spiro atoms. The van der Waals surface area contributed by atoms with E-state index in [1.807, 2.05) is 0 Å². The van der Waals surface area contributed by atoms with E-state index < -0.39 is 5.44 Å². The van der Waals surface area contributed by atoms with Crippen LogP contribution in [0.15, 0.2) is 0 Å². The summed E-state index contributed by atoms with van der Waals surface area (Å²) in [6.07, 6.45) is 17.3. The van der Waals surface area contributed by atoms with Crippen molar-refractivity contribution >= 4 is 12.6 Å². The van der Waals surface area contributed by atoms with E-state index in [1.165, 1.54) is 70.6 Å². The molecule has 104 valence electrons. The van der Waals surface area contributed by atoms with Gasteiger partial charge in [0.25, 0.3) is 0 Å². The van der Waals surface area contributed by atoms with Crippen molar-refractivity contribution in [3.05, 3.63) is 0 Å². The molecule has 1 atom stereocenters. The van der Waals surface area contributed by atoms with Crippen LogP contribution in [0, 0.1) is 0 Å². The lowest BCUT2D eigenvalue weighted by Gasteiger charge is -2.04. The molecule has 0 aromatic heterocycles. The van der Waals surface area contributed by atoms with Gasteiger partial charge < -0.3 is 5.11 Å². The van der Waals surface area contributed by atoms with Crippen molar-refractivity contribution in [3.8, 4) is 0 Å². The van der Waals surface area contributed by atoms with Crippen molar-refractivity contribution in [3.63, 3.8) is 0 Å². The zero-order chi connectivity index (χ0) is 12.8. The van der Waals surface area contributed by atoms with Crippen molar-refractivity contribution in [2.45, 2.75) is 95.8 Å². The Morgan fingerprint density at radius 2 is 1.06 bits per heavy atom. The van der Waals surface area contributed by atoms with Gasteiger partial charge in [-0.15, -0.1) is 12.6 Å². The van der Waals surface area contributed by atoms with Crippen LogP contribution < -0.4 is 0 Å². The maximum absolute atomic E-state index is 8.98. The molecule has 0 aliphatic carbocycles. The monoisotopic (exact) mass is 260 g/mol. The summed E-state index contributed by atoms with van der Waals surface area (Å²) in [6.45, 7) is 2.27. The van der Waals surface area contributed by atoms with Gasteiger partial charge in [-0.1, -0.05) is 84.0 Å². The average Bonchev–Trinajstić information content (AvgIpc) is 2.30. The second-order valence-corrected chi connectivity index (χ2v) is 5.75. The first-order valence-electron chi connectivity index (χ1n) is 7.63. The van der Waals surface area contributed by atoms with Crippen LogP contribution in [0.25, 0.3) is 0 Å². The Labute approximate surface area is 114 Å². The summed E-state index contributed by atoms with van der Waals surface area (Å²) in [6, 6.07) is 0. The number of aliphatic hydroxyl groups is 1. The average molecular weight is 260 g/mol. The minimum Gasteiger partial charge on any atom is -0.383 e. The lowest BCUT2D eigenvalue weighted by atomic mass is 10.0. The normalized spacial score (nSPS) is 12.9. The van der Waals surface area contributed by atoms with Gasteiger partial charge in [0, 0.05) is 0 Å². The number of hydrogen-bond donors (Lipinski definition) is 2. The molecule has 0 amide bonds. The second-order valence-electron chi connectivity index (χ2n) is 5.16. The van der Waals surface area contributed by atoms with Crippen molar-refractivity contribution in [1.82, 2.24) is 0 Å². The van der Waals surface area contributed by atoms with Crippen LogP contribution in [0.2, 0.25) is 0 Å². The standard InChI is InChI=1S/C15H32OS/c1-2-3-4-5-6-7-8-9-10-11-12-13-14-15(16)17/h15-17H,2-14H2,1H3. The molecule has 2 heteroatoms. The second kappa shape index (κ2) is 14.4. The molecule has 17 heavy (non-hydrogen) atoms. The molecule has 0 radical (unpaired) electrons. The topological polar surface area (TPSA) is 20.2 Å². The molecule has 0 aliphatic rings. The number of rotatable bonds is 13. The molecule has 0 rings (SSSR count). The molecular weight excluding hydrogens is 228 g/mol. The molecular formula is C15H32OS. The van der Waals surface area contributed by atoms with Gasteiger partial charge in [-0.05, 0) is 6.42 Å². The fraction of sp³-hybridized carbons (Fsp3) is 1.00. The van der Waals surface area contributed by atoms with Gasteiger partial charge in [0.05, 0.1) is 5.44 Å². The van der Waals surface area contributed by atoms with E-state index in [1.54, 1.807) is 0 Å². The first kappa shape index (κ1) is 17.3. The van der Waals surface area contributed by atoms with Gasteiger partial charge in [0.1, 0.15) is 0 Å². The van der Waals surface area contributed by atoms with E-state index in [0.717, 1.165) is 12.8 Å². The molecule has 0 aromatic rings. The summed E-state index contributed by atoms with van der Waals surface area (Å²) in [5.74, 6) is 0. The van der Waals surface area contributed by atoms with E-state index >= 15 is 0 Å². The Morgan fingerprint density at radius 3 is 1.41 bits per heavy atom. The molecule has 0 fully saturated rings. The maximum atomic E-state index is 8.98. The highest BCUT2D eigenvalue weighted by atomic mass is 32.1. The third-order valence-electron chi connectivity index (χ3n) is 3.32. The summed E-state index contributed by atoms with van der Waals surface area (Å²) in [7, 11) is 0. The van der Waals surface area contributed by atoms with Gasteiger partial charge in [0.15, 0.2) is 0 Å². The smallest absolute Gasteiger partial charge is 0.0964 e. The molecule has 1 N–H and O–H groups in total. The van der Waals surface area contributed by atoms with Gasteiger partial charge in [0.2, 0.25) is 0 Å². The van der Waals surface area contributed by atoms with Crippen LogP contribution in [0.3, 0.4) is 0 Å². The third kappa shape index (κ3) is 16.3. The highest BCUT2D eigenvalue weighted by Crippen LogP contribution is 2.13. The summed E-state index contributed by atoms with van der Waals surface area (Å²) >= 11 is 3.96. The van der Waals surface area contributed by atoms with Gasteiger partial charge >= 0.3 is 0 Å². The van der Waals surface area contributed by atoms with Gasteiger partial charge in [-0.25, -0.2) is 0 Å². The molecule has 0 aliphatic heterocycles. The Morgan fingerprint density at radius 1 is 0.706 bits per heavy atom. The molecule has 0 heterocycles. The van der Waals surface area contributed by atoms with E-state index in [2.05, 4.69) is 19.6 Å². The molecule has 0 saturated heterocycles. The number of hydrogen-bond acceptors (Lipinski definition) is 2. The summed E-state index contributed by atoms with van der Waals surface area (Å²) in [5.41, 5.74) is -0.405. The fourth-order valence-corrected chi connectivity index (χ4v) is 2.35. The molecule has 1 nitrogen and oxygen atoms in total. The quantitative estimate of drug-likeness (QED) is 0.261. The molecule has 0 aromatic carbocycles. The third-order valence-corrected chi connectivity index (χ3v) is 3.57. The Kier molecular flexibility index (Phi) is 14.6. The molecule has 0 bridgehead atoms.